The third-order valence-electron chi connectivity index (χ3n) is 4.68. The summed E-state index contributed by atoms with van der Waals surface area (Å²) in [4.78, 5) is 14.6. The molecule has 0 radical (unpaired) electrons. The van der Waals surface area contributed by atoms with E-state index in [-0.39, 0.29) is 23.4 Å². The normalized spacial score (nSPS) is 18.1. The van der Waals surface area contributed by atoms with Crippen LogP contribution in [-0.4, -0.2) is 42.1 Å². The van der Waals surface area contributed by atoms with Gasteiger partial charge in [-0.25, -0.2) is 13.1 Å². The van der Waals surface area contributed by atoms with Crippen LogP contribution < -0.4 is 4.72 Å². The lowest BCUT2D eigenvalue weighted by Gasteiger charge is -2.35. The molecule has 1 saturated heterocycles. The van der Waals surface area contributed by atoms with E-state index in [1.165, 1.54) is 0 Å². The molecule has 26 heavy (non-hydrogen) atoms. The van der Waals surface area contributed by atoms with Crippen molar-refractivity contribution in [2.45, 2.75) is 37.1 Å². The van der Waals surface area contributed by atoms with Crippen LogP contribution in [0.1, 0.15) is 36.4 Å². The molecule has 0 aliphatic carbocycles. The first-order valence-corrected chi connectivity index (χ1v) is 10.2. The van der Waals surface area contributed by atoms with Gasteiger partial charge in [0.2, 0.25) is 15.9 Å². The summed E-state index contributed by atoms with van der Waals surface area (Å²) in [5.41, 5.74) is 1.97. The zero-order chi connectivity index (χ0) is 18.7. The van der Waals surface area contributed by atoms with Gasteiger partial charge in [0.15, 0.2) is 0 Å². The molecule has 0 saturated carbocycles. The number of carbonyl (C=O) groups is 1. The van der Waals surface area contributed by atoms with Gasteiger partial charge >= 0.3 is 0 Å². The Labute approximate surface area is 154 Å². The molecular weight excluding hydrogens is 352 g/mol. The number of nitrogens with zero attached hydrogens (tertiary/aromatic N) is 3. The molecule has 1 aliphatic heterocycles. The summed E-state index contributed by atoms with van der Waals surface area (Å²) in [5.74, 6) is -0.214. The molecule has 1 N–H and O–H groups in total. The molecule has 7 nitrogen and oxygen atoms in total. The highest BCUT2D eigenvalue weighted by Crippen LogP contribution is 2.30. The largest absolute Gasteiger partial charge is 0.334 e. The Bertz CT molecular complexity index is 874. The van der Waals surface area contributed by atoms with E-state index in [4.69, 9.17) is 0 Å². The van der Waals surface area contributed by atoms with Crippen molar-refractivity contribution in [3.8, 4) is 0 Å². The minimum Gasteiger partial charge on any atom is -0.334 e. The summed E-state index contributed by atoms with van der Waals surface area (Å²) < 4.78 is 28.9. The second-order valence-corrected chi connectivity index (χ2v) is 8.45. The quantitative estimate of drug-likeness (QED) is 0.862. The smallest absolute Gasteiger partial charge is 0.241 e. The summed E-state index contributed by atoms with van der Waals surface area (Å²) >= 11 is 0. The van der Waals surface area contributed by atoms with Crippen molar-refractivity contribution in [1.82, 2.24) is 19.4 Å². The van der Waals surface area contributed by atoms with E-state index in [1.54, 1.807) is 40.0 Å². The number of aryl methyl sites for hydroxylation is 2. The van der Waals surface area contributed by atoms with Crippen LogP contribution in [0.15, 0.2) is 41.6 Å². The van der Waals surface area contributed by atoms with Gasteiger partial charge in [-0.05, 0) is 38.3 Å². The zero-order valence-corrected chi connectivity index (χ0v) is 15.9. The number of nitrogens with one attached hydrogen (secondary N) is 1. The molecule has 2 aromatic rings. The lowest BCUT2D eigenvalue weighted by atomic mass is 9.97. The zero-order valence-electron chi connectivity index (χ0n) is 15.1. The SMILES string of the molecule is Cc1ccc(S(=O)(=O)NCC(=O)N2CCCCC2c2cnn(C)c2)cc1. The fourth-order valence-electron chi connectivity index (χ4n) is 3.25. The average Bonchev–Trinajstić information content (AvgIpc) is 3.06. The summed E-state index contributed by atoms with van der Waals surface area (Å²) in [5, 5.41) is 4.18. The molecule has 3 rings (SSSR count). The molecule has 0 bridgehead atoms. The number of aromatic nitrogens is 2. The van der Waals surface area contributed by atoms with Gasteiger partial charge < -0.3 is 4.90 Å². The van der Waals surface area contributed by atoms with Crippen molar-refractivity contribution in [3.63, 3.8) is 0 Å². The van der Waals surface area contributed by atoms with Crippen LogP contribution in [0.4, 0.5) is 0 Å². The summed E-state index contributed by atoms with van der Waals surface area (Å²) in [7, 11) is -1.86. The number of rotatable bonds is 5. The number of carbonyl (C=O) groups excluding carboxylic acids is 1. The first kappa shape index (κ1) is 18.6. The Kier molecular flexibility index (Phi) is 5.43. The molecule has 1 aromatic carbocycles. The van der Waals surface area contributed by atoms with Gasteiger partial charge in [-0.1, -0.05) is 17.7 Å². The molecule has 1 aromatic heterocycles. The van der Waals surface area contributed by atoms with E-state index in [1.807, 2.05) is 20.2 Å². The van der Waals surface area contributed by atoms with Crippen molar-refractivity contribution in [1.29, 1.82) is 0 Å². The van der Waals surface area contributed by atoms with Crippen molar-refractivity contribution < 1.29 is 13.2 Å². The van der Waals surface area contributed by atoms with E-state index in [0.717, 1.165) is 30.4 Å². The highest BCUT2D eigenvalue weighted by atomic mass is 32.2. The first-order valence-electron chi connectivity index (χ1n) is 8.71. The molecule has 0 spiro atoms. The van der Waals surface area contributed by atoms with Gasteiger partial charge in [0.05, 0.1) is 23.7 Å². The third kappa shape index (κ3) is 4.13. The minimum absolute atomic E-state index is 0.0474. The number of likely N-dealkylation sites (tertiary alicyclic amines) is 1. The van der Waals surface area contributed by atoms with Crippen LogP contribution in [0.3, 0.4) is 0 Å². The topological polar surface area (TPSA) is 84.3 Å². The molecule has 1 amide bonds. The van der Waals surface area contributed by atoms with Crippen LogP contribution in [0.25, 0.3) is 0 Å². The van der Waals surface area contributed by atoms with E-state index < -0.39 is 10.0 Å². The average molecular weight is 376 g/mol. The van der Waals surface area contributed by atoms with Gasteiger partial charge in [-0.3, -0.25) is 9.48 Å². The number of hydrogen-bond acceptors (Lipinski definition) is 4. The second kappa shape index (κ2) is 7.59. The molecule has 2 heterocycles. The molecule has 140 valence electrons. The monoisotopic (exact) mass is 376 g/mol. The number of amides is 1. The Morgan fingerprint density at radius 1 is 1.27 bits per heavy atom. The van der Waals surface area contributed by atoms with Gasteiger partial charge in [0, 0.05) is 25.4 Å². The number of sulfonamides is 1. The van der Waals surface area contributed by atoms with Crippen molar-refractivity contribution in [2.24, 2.45) is 7.05 Å². The minimum atomic E-state index is -3.70. The van der Waals surface area contributed by atoms with E-state index in [9.17, 15) is 13.2 Å². The molecule has 1 unspecified atom stereocenters. The van der Waals surface area contributed by atoms with Crippen molar-refractivity contribution in [3.05, 3.63) is 47.8 Å². The van der Waals surface area contributed by atoms with Gasteiger partial charge in [-0.15, -0.1) is 0 Å². The number of hydrogen-bond donors (Lipinski definition) is 1. The Hall–Kier alpha value is -2.19. The Balaban J connectivity index is 1.69. The lowest BCUT2D eigenvalue weighted by Crippen LogP contribution is -2.44. The fourth-order valence-corrected chi connectivity index (χ4v) is 4.22. The summed E-state index contributed by atoms with van der Waals surface area (Å²) in [6, 6.07) is 6.51. The Morgan fingerprint density at radius 3 is 2.65 bits per heavy atom. The lowest BCUT2D eigenvalue weighted by molar-refractivity contribution is -0.133. The van der Waals surface area contributed by atoms with Crippen molar-refractivity contribution in [2.75, 3.05) is 13.1 Å². The summed E-state index contributed by atoms with van der Waals surface area (Å²) in [6.07, 6.45) is 6.51. The predicted octanol–water partition coefficient (Wildman–Crippen LogP) is 1.76. The van der Waals surface area contributed by atoms with Crippen LogP contribution >= 0.6 is 0 Å². The van der Waals surface area contributed by atoms with Crippen LogP contribution in [-0.2, 0) is 21.9 Å². The molecule has 1 fully saturated rings. The summed E-state index contributed by atoms with van der Waals surface area (Å²) in [6.45, 7) is 2.28. The molecule has 8 heteroatoms. The fraction of sp³-hybridized carbons (Fsp3) is 0.444. The van der Waals surface area contributed by atoms with Gasteiger partial charge in [0.1, 0.15) is 0 Å². The second-order valence-electron chi connectivity index (χ2n) is 6.68. The first-order chi connectivity index (χ1) is 12.4. The maximum Gasteiger partial charge on any atom is 0.241 e. The maximum atomic E-state index is 12.7. The third-order valence-corrected chi connectivity index (χ3v) is 6.09. The number of benzene rings is 1. The van der Waals surface area contributed by atoms with Crippen molar-refractivity contribution >= 4 is 15.9 Å². The number of piperidine rings is 1. The van der Waals surface area contributed by atoms with Gasteiger partial charge in [0.25, 0.3) is 0 Å². The van der Waals surface area contributed by atoms with Crippen LogP contribution in [0, 0.1) is 6.92 Å². The van der Waals surface area contributed by atoms with E-state index in [0.29, 0.717) is 6.54 Å². The van der Waals surface area contributed by atoms with E-state index in [2.05, 4.69) is 9.82 Å². The van der Waals surface area contributed by atoms with E-state index >= 15 is 0 Å². The standard InChI is InChI=1S/C18H24N4O3S/c1-14-6-8-16(9-7-14)26(24,25)20-12-18(23)22-10-4-3-5-17(22)15-11-19-21(2)13-15/h6-9,11,13,17,20H,3-5,10,12H2,1-2H3. The highest BCUT2D eigenvalue weighted by Gasteiger charge is 2.29. The van der Waals surface area contributed by atoms with Crippen LogP contribution in [0.5, 0.6) is 0 Å². The highest BCUT2D eigenvalue weighted by molar-refractivity contribution is 7.89. The predicted molar refractivity (Wildman–Crippen MR) is 97.9 cm³/mol. The molecule has 1 aliphatic rings. The molecule has 1 atom stereocenters. The Morgan fingerprint density at radius 2 is 2.00 bits per heavy atom. The maximum absolute atomic E-state index is 12.7. The van der Waals surface area contributed by atoms with Gasteiger partial charge in [-0.2, -0.15) is 5.10 Å². The molecular formula is C18H24N4O3S. The van der Waals surface area contributed by atoms with Crippen LogP contribution in [0.2, 0.25) is 0 Å².